The largest absolute Gasteiger partial charge is 0.311 e. The van der Waals surface area contributed by atoms with Crippen LogP contribution in [-0.2, 0) is 0 Å². The van der Waals surface area contributed by atoms with Crippen molar-refractivity contribution < 1.29 is 4.39 Å². The summed E-state index contributed by atoms with van der Waals surface area (Å²) in [6.45, 7) is 0. The van der Waals surface area contributed by atoms with E-state index in [1.54, 1.807) is 6.07 Å². The van der Waals surface area contributed by atoms with E-state index in [0.29, 0.717) is 11.3 Å². The topological polar surface area (TPSA) is 17.8 Å². The molecule has 16 heavy (non-hydrogen) atoms. The van der Waals surface area contributed by atoms with Crippen LogP contribution in [0.25, 0.3) is 11.0 Å². The van der Waals surface area contributed by atoms with Gasteiger partial charge in [0.1, 0.15) is 5.82 Å². The molecular formula is C12H12ClFN2. The van der Waals surface area contributed by atoms with Crippen molar-refractivity contribution in [1.29, 1.82) is 0 Å². The lowest BCUT2D eigenvalue weighted by atomic mass is 10.2. The first-order chi connectivity index (χ1) is 7.75. The molecule has 1 fully saturated rings. The van der Waals surface area contributed by atoms with Crippen LogP contribution in [0.5, 0.6) is 0 Å². The minimum absolute atomic E-state index is 0.233. The fourth-order valence-corrected chi connectivity index (χ4v) is 2.87. The monoisotopic (exact) mass is 238 g/mol. The van der Waals surface area contributed by atoms with Crippen molar-refractivity contribution in [3.05, 3.63) is 29.3 Å². The molecule has 2 aromatic rings. The molecule has 0 N–H and O–H groups in total. The molecule has 0 spiro atoms. The van der Waals surface area contributed by atoms with Gasteiger partial charge in [-0.1, -0.05) is 12.8 Å². The summed E-state index contributed by atoms with van der Waals surface area (Å²) in [4.78, 5) is 4.26. The first-order valence-electron chi connectivity index (χ1n) is 5.59. The van der Waals surface area contributed by atoms with Crippen LogP contribution in [-0.4, -0.2) is 9.55 Å². The average Bonchev–Trinajstić information content (AvgIpc) is 2.83. The predicted molar refractivity (Wildman–Crippen MR) is 62.2 cm³/mol. The van der Waals surface area contributed by atoms with Gasteiger partial charge in [0.05, 0.1) is 11.0 Å². The lowest BCUT2D eigenvalue weighted by Crippen LogP contribution is -2.04. The molecule has 0 aliphatic heterocycles. The molecular weight excluding hydrogens is 227 g/mol. The molecule has 1 aromatic heterocycles. The third-order valence-corrected chi connectivity index (χ3v) is 3.56. The quantitative estimate of drug-likeness (QED) is 0.736. The molecule has 0 saturated heterocycles. The normalized spacial score (nSPS) is 17.4. The molecule has 0 atom stereocenters. The third kappa shape index (κ3) is 1.50. The molecule has 1 heterocycles. The van der Waals surface area contributed by atoms with Crippen molar-refractivity contribution >= 4 is 22.6 Å². The SMILES string of the molecule is Fc1ccc2nc(Cl)n(C3CCCC3)c2c1. The Morgan fingerprint density at radius 1 is 1.31 bits per heavy atom. The van der Waals surface area contributed by atoms with Crippen LogP contribution in [0.15, 0.2) is 18.2 Å². The summed E-state index contributed by atoms with van der Waals surface area (Å²) >= 11 is 6.13. The van der Waals surface area contributed by atoms with Crippen LogP contribution in [0.3, 0.4) is 0 Å². The Balaban J connectivity index is 2.20. The van der Waals surface area contributed by atoms with Crippen molar-refractivity contribution in [3.8, 4) is 0 Å². The van der Waals surface area contributed by atoms with Gasteiger partial charge in [-0.05, 0) is 42.6 Å². The Bertz CT molecular complexity index is 529. The Morgan fingerprint density at radius 3 is 2.81 bits per heavy atom. The first kappa shape index (κ1) is 10.1. The summed E-state index contributed by atoms with van der Waals surface area (Å²) in [6.07, 6.45) is 4.66. The van der Waals surface area contributed by atoms with Crippen LogP contribution < -0.4 is 0 Å². The number of hydrogen-bond acceptors (Lipinski definition) is 1. The highest BCUT2D eigenvalue weighted by Crippen LogP contribution is 2.35. The molecule has 1 aliphatic rings. The summed E-state index contributed by atoms with van der Waals surface area (Å²) in [5.74, 6) is -0.233. The maximum absolute atomic E-state index is 13.2. The van der Waals surface area contributed by atoms with Gasteiger partial charge in [-0.3, -0.25) is 0 Å². The zero-order valence-electron chi connectivity index (χ0n) is 8.79. The molecule has 0 bridgehead atoms. The first-order valence-corrected chi connectivity index (χ1v) is 5.96. The smallest absolute Gasteiger partial charge is 0.204 e. The zero-order chi connectivity index (χ0) is 11.1. The van der Waals surface area contributed by atoms with Gasteiger partial charge >= 0.3 is 0 Å². The van der Waals surface area contributed by atoms with Gasteiger partial charge in [0.25, 0.3) is 0 Å². The fraction of sp³-hybridized carbons (Fsp3) is 0.417. The summed E-state index contributed by atoms with van der Waals surface area (Å²) in [5.41, 5.74) is 1.59. The van der Waals surface area contributed by atoms with Gasteiger partial charge in [-0.15, -0.1) is 0 Å². The summed E-state index contributed by atoms with van der Waals surface area (Å²) in [7, 11) is 0. The number of halogens is 2. The molecule has 1 aromatic carbocycles. The molecule has 3 rings (SSSR count). The van der Waals surface area contributed by atoms with E-state index in [2.05, 4.69) is 4.98 Å². The minimum Gasteiger partial charge on any atom is -0.311 e. The highest BCUT2D eigenvalue weighted by atomic mass is 35.5. The number of benzene rings is 1. The van der Waals surface area contributed by atoms with E-state index in [9.17, 15) is 4.39 Å². The van der Waals surface area contributed by atoms with Crippen molar-refractivity contribution in [2.24, 2.45) is 0 Å². The number of fused-ring (bicyclic) bond motifs is 1. The van der Waals surface area contributed by atoms with E-state index in [0.717, 1.165) is 23.9 Å². The zero-order valence-corrected chi connectivity index (χ0v) is 9.54. The number of imidazole rings is 1. The van der Waals surface area contributed by atoms with E-state index in [1.165, 1.54) is 25.0 Å². The van der Waals surface area contributed by atoms with E-state index < -0.39 is 0 Å². The van der Waals surface area contributed by atoms with Crippen LogP contribution in [0, 0.1) is 5.82 Å². The maximum Gasteiger partial charge on any atom is 0.204 e. The number of aromatic nitrogens is 2. The Labute approximate surface area is 98.0 Å². The maximum atomic E-state index is 13.2. The summed E-state index contributed by atoms with van der Waals surface area (Å²) in [6, 6.07) is 5.01. The highest BCUT2D eigenvalue weighted by molar-refractivity contribution is 6.29. The van der Waals surface area contributed by atoms with Gasteiger partial charge in [0, 0.05) is 6.04 Å². The lowest BCUT2D eigenvalue weighted by molar-refractivity contribution is 0.531. The number of hydrogen-bond donors (Lipinski definition) is 0. The van der Waals surface area contributed by atoms with E-state index >= 15 is 0 Å². The molecule has 4 heteroatoms. The molecule has 84 valence electrons. The lowest BCUT2D eigenvalue weighted by Gasteiger charge is -2.13. The average molecular weight is 239 g/mol. The Morgan fingerprint density at radius 2 is 2.06 bits per heavy atom. The van der Waals surface area contributed by atoms with Crippen molar-refractivity contribution in [2.45, 2.75) is 31.7 Å². The molecule has 1 aliphatic carbocycles. The predicted octanol–water partition coefficient (Wildman–Crippen LogP) is 3.94. The van der Waals surface area contributed by atoms with Crippen LogP contribution >= 0.6 is 11.6 Å². The van der Waals surface area contributed by atoms with Crippen LogP contribution in [0.2, 0.25) is 5.28 Å². The Kier molecular flexibility index (Phi) is 2.36. The van der Waals surface area contributed by atoms with Crippen LogP contribution in [0.4, 0.5) is 4.39 Å². The van der Waals surface area contributed by atoms with E-state index in [4.69, 9.17) is 11.6 Å². The van der Waals surface area contributed by atoms with Crippen molar-refractivity contribution in [2.75, 3.05) is 0 Å². The van der Waals surface area contributed by atoms with E-state index in [-0.39, 0.29) is 5.82 Å². The minimum atomic E-state index is -0.233. The summed E-state index contributed by atoms with van der Waals surface area (Å²) in [5, 5.41) is 0.479. The van der Waals surface area contributed by atoms with Gasteiger partial charge < -0.3 is 4.57 Å². The highest BCUT2D eigenvalue weighted by Gasteiger charge is 2.21. The molecule has 0 unspecified atom stereocenters. The standard InChI is InChI=1S/C12H12ClFN2/c13-12-15-10-6-5-8(14)7-11(10)16(12)9-3-1-2-4-9/h5-7,9H,1-4H2. The number of rotatable bonds is 1. The van der Waals surface area contributed by atoms with Gasteiger partial charge in [-0.2, -0.15) is 0 Å². The fourth-order valence-electron chi connectivity index (χ4n) is 2.55. The van der Waals surface area contributed by atoms with Crippen molar-refractivity contribution in [3.63, 3.8) is 0 Å². The molecule has 0 radical (unpaired) electrons. The Hall–Kier alpha value is -1.09. The molecule has 1 saturated carbocycles. The van der Waals surface area contributed by atoms with Crippen LogP contribution in [0.1, 0.15) is 31.7 Å². The molecule has 0 amide bonds. The van der Waals surface area contributed by atoms with Gasteiger partial charge in [0.2, 0.25) is 5.28 Å². The second-order valence-electron chi connectivity index (χ2n) is 4.32. The van der Waals surface area contributed by atoms with Gasteiger partial charge in [0.15, 0.2) is 0 Å². The van der Waals surface area contributed by atoms with E-state index in [1.807, 2.05) is 4.57 Å². The van der Waals surface area contributed by atoms with Crippen molar-refractivity contribution in [1.82, 2.24) is 9.55 Å². The van der Waals surface area contributed by atoms with Gasteiger partial charge in [-0.25, -0.2) is 9.37 Å². The second-order valence-corrected chi connectivity index (χ2v) is 4.66. The third-order valence-electron chi connectivity index (χ3n) is 3.30. The molecule has 2 nitrogen and oxygen atoms in total. The summed E-state index contributed by atoms with van der Waals surface area (Å²) < 4.78 is 15.2. The second kappa shape index (κ2) is 3.74. The number of nitrogens with zero attached hydrogens (tertiary/aromatic N) is 2.